The van der Waals surface area contributed by atoms with E-state index in [1.54, 1.807) is 0 Å². The Morgan fingerprint density at radius 3 is 3.21 bits per heavy atom. The van der Waals surface area contributed by atoms with Crippen LogP contribution in [0.15, 0.2) is 28.8 Å². The van der Waals surface area contributed by atoms with Crippen molar-refractivity contribution in [3.8, 4) is 0 Å². The van der Waals surface area contributed by atoms with Gasteiger partial charge in [-0.3, -0.25) is 4.79 Å². The number of benzene rings is 1. The van der Waals surface area contributed by atoms with E-state index in [1.807, 2.05) is 31.2 Å². The molecular formula is C13H14N4O2. The SMILES string of the molecule is CCNC(=O)c1noc(C2CNc3ccccc32)n1. The minimum atomic E-state index is -0.309. The van der Waals surface area contributed by atoms with Crippen molar-refractivity contribution in [3.05, 3.63) is 41.5 Å². The van der Waals surface area contributed by atoms with Gasteiger partial charge in [-0.15, -0.1) is 0 Å². The Bertz CT molecular complexity index is 608. The molecule has 0 spiro atoms. The van der Waals surface area contributed by atoms with Gasteiger partial charge >= 0.3 is 0 Å². The molecule has 1 amide bonds. The van der Waals surface area contributed by atoms with Crippen molar-refractivity contribution in [2.24, 2.45) is 0 Å². The van der Waals surface area contributed by atoms with E-state index >= 15 is 0 Å². The van der Waals surface area contributed by atoms with Gasteiger partial charge in [-0.2, -0.15) is 4.98 Å². The lowest BCUT2D eigenvalue weighted by atomic mass is 10.0. The molecule has 2 heterocycles. The van der Waals surface area contributed by atoms with Gasteiger partial charge in [0.1, 0.15) is 0 Å². The van der Waals surface area contributed by atoms with Crippen molar-refractivity contribution in [2.45, 2.75) is 12.8 Å². The summed E-state index contributed by atoms with van der Waals surface area (Å²) >= 11 is 0. The van der Waals surface area contributed by atoms with E-state index in [1.165, 1.54) is 0 Å². The number of hydrogen-bond acceptors (Lipinski definition) is 5. The molecular weight excluding hydrogens is 244 g/mol. The Labute approximate surface area is 110 Å². The van der Waals surface area contributed by atoms with Crippen LogP contribution in [0.3, 0.4) is 0 Å². The number of anilines is 1. The highest BCUT2D eigenvalue weighted by molar-refractivity contribution is 5.90. The van der Waals surface area contributed by atoms with E-state index in [0.717, 1.165) is 11.3 Å². The van der Waals surface area contributed by atoms with Gasteiger partial charge in [0.25, 0.3) is 11.7 Å². The van der Waals surface area contributed by atoms with Gasteiger partial charge in [-0.05, 0) is 18.6 Å². The van der Waals surface area contributed by atoms with Crippen LogP contribution in [-0.4, -0.2) is 29.1 Å². The van der Waals surface area contributed by atoms with Crippen LogP contribution >= 0.6 is 0 Å². The van der Waals surface area contributed by atoms with Crippen LogP contribution in [0.1, 0.15) is 34.9 Å². The Kier molecular flexibility index (Phi) is 2.91. The number of hydrogen-bond donors (Lipinski definition) is 2. The van der Waals surface area contributed by atoms with Crippen molar-refractivity contribution < 1.29 is 9.32 Å². The fourth-order valence-electron chi connectivity index (χ4n) is 2.21. The van der Waals surface area contributed by atoms with Gasteiger partial charge < -0.3 is 15.2 Å². The molecule has 0 saturated heterocycles. The van der Waals surface area contributed by atoms with E-state index < -0.39 is 0 Å². The third kappa shape index (κ3) is 2.05. The van der Waals surface area contributed by atoms with E-state index in [2.05, 4.69) is 20.8 Å². The van der Waals surface area contributed by atoms with Crippen LogP contribution in [0, 0.1) is 0 Å². The first kappa shape index (κ1) is 11.7. The molecule has 98 valence electrons. The number of rotatable bonds is 3. The summed E-state index contributed by atoms with van der Waals surface area (Å²) in [6.45, 7) is 3.09. The molecule has 0 bridgehead atoms. The van der Waals surface area contributed by atoms with Gasteiger partial charge in [0.05, 0.1) is 5.92 Å². The summed E-state index contributed by atoms with van der Waals surface area (Å²) in [6, 6.07) is 7.98. The predicted octanol–water partition coefficient (Wildman–Crippen LogP) is 1.38. The molecule has 1 aliphatic heterocycles. The van der Waals surface area contributed by atoms with Crippen LogP contribution in [0.2, 0.25) is 0 Å². The molecule has 1 atom stereocenters. The second kappa shape index (κ2) is 4.72. The third-order valence-corrected chi connectivity index (χ3v) is 3.11. The van der Waals surface area contributed by atoms with Crippen molar-refractivity contribution in [2.75, 3.05) is 18.4 Å². The maximum Gasteiger partial charge on any atom is 0.292 e. The van der Waals surface area contributed by atoms with Crippen LogP contribution in [-0.2, 0) is 0 Å². The summed E-state index contributed by atoms with van der Waals surface area (Å²) in [5.41, 5.74) is 2.19. The van der Waals surface area contributed by atoms with Crippen LogP contribution in [0.4, 0.5) is 5.69 Å². The third-order valence-electron chi connectivity index (χ3n) is 3.11. The second-order valence-corrected chi connectivity index (χ2v) is 4.34. The second-order valence-electron chi connectivity index (χ2n) is 4.34. The minimum Gasteiger partial charge on any atom is -0.384 e. The molecule has 1 aromatic heterocycles. The molecule has 0 aliphatic carbocycles. The molecule has 2 N–H and O–H groups in total. The first-order valence-corrected chi connectivity index (χ1v) is 6.24. The van der Waals surface area contributed by atoms with Crippen molar-refractivity contribution in [1.29, 1.82) is 0 Å². The van der Waals surface area contributed by atoms with Crippen molar-refractivity contribution >= 4 is 11.6 Å². The monoisotopic (exact) mass is 258 g/mol. The standard InChI is InChI=1S/C13H14N4O2/c1-2-14-12(18)11-16-13(19-17-11)9-7-15-10-6-4-3-5-8(9)10/h3-6,9,15H,2,7H2,1H3,(H,14,18). The number of nitrogens with zero attached hydrogens (tertiary/aromatic N) is 2. The lowest BCUT2D eigenvalue weighted by molar-refractivity contribution is 0.0942. The summed E-state index contributed by atoms with van der Waals surface area (Å²) in [6.07, 6.45) is 0. The van der Waals surface area contributed by atoms with E-state index in [0.29, 0.717) is 19.0 Å². The number of fused-ring (bicyclic) bond motifs is 1. The number of amides is 1. The molecule has 1 aliphatic rings. The molecule has 6 heteroatoms. The molecule has 3 rings (SSSR count). The first-order valence-electron chi connectivity index (χ1n) is 6.24. The van der Waals surface area contributed by atoms with Crippen LogP contribution < -0.4 is 10.6 Å². The molecule has 0 fully saturated rings. The average molecular weight is 258 g/mol. The highest BCUT2D eigenvalue weighted by Crippen LogP contribution is 2.34. The summed E-state index contributed by atoms with van der Waals surface area (Å²) in [4.78, 5) is 15.8. The minimum absolute atomic E-state index is 0.00637. The summed E-state index contributed by atoms with van der Waals surface area (Å²) in [7, 11) is 0. The maximum absolute atomic E-state index is 11.6. The highest BCUT2D eigenvalue weighted by Gasteiger charge is 2.29. The fraction of sp³-hybridized carbons (Fsp3) is 0.308. The van der Waals surface area contributed by atoms with Crippen molar-refractivity contribution in [3.63, 3.8) is 0 Å². The Hall–Kier alpha value is -2.37. The zero-order valence-corrected chi connectivity index (χ0v) is 10.5. The molecule has 19 heavy (non-hydrogen) atoms. The van der Waals surface area contributed by atoms with Crippen molar-refractivity contribution in [1.82, 2.24) is 15.5 Å². The molecule has 2 aromatic rings. The number of para-hydroxylation sites is 1. The molecule has 0 radical (unpaired) electrons. The lowest BCUT2D eigenvalue weighted by Crippen LogP contribution is -2.23. The number of carbonyl (C=O) groups excluding carboxylic acids is 1. The topological polar surface area (TPSA) is 80.0 Å². The molecule has 1 aromatic carbocycles. The van der Waals surface area contributed by atoms with Gasteiger partial charge in [-0.25, -0.2) is 0 Å². The number of aromatic nitrogens is 2. The smallest absolute Gasteiger partial charge is 0.292 e. The largest absolute Gasteiger partial charge is 0.384 e. The van der Waals surface area contributed by atoms with Gasteiger partial charge in [-0.1, -0.05) is 23.4 Å². The van der Waals surface area contributed by atoms with Gasteiger partial charge in [0, 0.05) is 18.8 Å². The van der Waals surface area contributed by atoms with Gasteiger partial charge in [0.2, 0.25) is 5.89 Å². The number of carbonyl (C=O) groups is 1. The first-order chi connectivity index (χ1) is 9.29. The quantitative estimate of drug-likeness (QED) is 0.869. The zero-order valence-electron chi connectivity index (χ0n) is 10.5. The van der Waals surface area contributed by atoms with E-state index in [9.17, 15) is 4.79 Å². The fourth-order valence-corrected chi connectivity index (χ4v) is 2.21. The van der Waals surface area contributed by atoms with Crippen LogP contribution in [0.25, 0.3) is 0 Å². The maximum atomic E-state index is 11.6. The summed E-state index contributed by atoms with van der Waals surface area (Å²) in [5.74, 6) is 0.253. The summed E-state index contributed by atoms with van der Waals surface area (Å²) in [5, 5.41) is 9.66. The van der Waals surface area contributed by atoms with E-state index in [4.69, 9.17) is 4.52 Å². The van der Waals surface area contributed by atoms with Gasteiger partial charge in [0.15, 0.2) is 0 Å². The van der Waals surface area contributed by atoms with Crippen LogP contribution in [0.5, 0.6) is 0 Å². The Morgan fingerprint density at radius 1 is 1.53 bits per heavy atom. The lowest BCUT2D eigenvalue weighted by Gasteiger charge is -2.02. The average Bonchev–Trinajstić information content (AvgIpc) is 3.05. The molecule has 6 nitrogen and oxygen atoms in total. The normalized spacial score (nSPS) is 16.8. The Balaban J connectivity index is 1.87. The predicted molar refractivity (Wildman–Crippen MR) is 69.1 cm³/mol. The zero-order chi connectivity index (χ0) is 13.2. The molecule has 1 unspecified atom stereocenters. The number of nitrogens with one attached hydrogen (secondary N) is 2. The Morgan fingerprint density at radius 2 is 2.37 bits per heavy atom. The summed E-state index contributed by atoms with van der Waals surface area (Å²) < 4.78 is 5.21. The molecule has 0 saturated carbocycles. The van der Waals surface area contributed by atoms with E-state index in [-0.39, 0.29) is 17.6 Å². The highest BCUT2D eigenvalue weighted by atomic mass is 16.5.